The highest BCUT2D eigenvalue weighted by molar-refractivity contribution is 5.89. The summed E-state index contributed by atoms with van der Waals surface area (Å²) in [5.41, 5.74) is 1.68. The lowest BCUT2D eigenvalue weighted by Gasteiger charge is -2.23. The first kappa shape index (κ1) is 17.8. The smallest absolute Gasteiger partial charge is 0.337 e. The van der Waals surface area contributed by atoms with E-state index < -0.39 is 0 Å². The van der Waals surface area contributed by atoms with Crippen LogP contribution in [0.25, 0.3) is 0 Å². The van der Waals surface area contributed by atoms with Crippen molar-refractivity contribution in [1.29, 1.82) is 0 Å². The molecule has 1 aromatic rings. The lowest BCUT2D eigenvalue weighted by Crippen LogP contribution is -2.33. The number of carbonyl (C=O) groups excluding carboxylic acids is 2. The first-order valence-electron chi connectivity index (χ1n) is 7.80. The Labute approximate surface area is 142 Å². The minimum Gasteiger partial charge on any atom is -0.465 e. The van der Waals surface area contributed by atoms with Crippen LogP contribution in [0.4, 0.5) is 0 Å². The van der Waals surface area contributed by atoms with Crippen molar-refractivity contribution < 1.29 is 14.3 Å². The number of amides is 1. The van der Waals surface area contributed by atoms with E-state index in [1.165, 1.54) is 7.11 Å². The van der Waals surface area contributed by atoms with Gasteiger partial charge in [0.1, 0.15) is 0 Å². The number of nitrogens with one attached hydrogen (secondary N) is 2. The fraction of sp³-hybridized carbons (Fsp3) is 0.529. The van der Waals surface area contributed by atoms with E-state index in [0.29, 0.717) is 12.1 Å². The van der Waals surface area contributed by atoms with Crippen LogP contribution in [0.1, 0.15) is 35.2 Å². The number of methoxy groups -OCH3 is 1. The third-order valence-corrected chi connectivity index (χ3v) is 4.92. The molecule has 126 valence electrons. The predicted octanol–water partition coefficient (Wildman–Crippen LogP) is 1.90. The highest BCUT2D eigenvalue weighted by atomic mass is 35.5. The molecular formula is C17H23ClN2O3. The summed E-state index contributed by atoms with van der Waals surface area (Å²) in [5, 5.41) is 6.35. The van der Waals surface area contributed by atoms with E-state index in [-0.39, 0.29) is 35.6 Å². The Morgan fingerprint density at radius 3 is 2.78 bits per heavy atom. The summed E-state index contributed by atoms with van der Waals surface area (Å²) in [6, 6.07) is 7.18. The van der Waals surface area contributed by atoms with Gasteiger partial charge in [0.25, 0.3) is 0 Å². The first-order valence-corrected chi connectivity index (χ1v) is 7.80. The Morgan fingerprint density at radius 1 is 1.35 bits per heavy atom. The van der Waals surface area contributed by atoms with Crippen LogP contribution in [0.15, 0.2) is 24.3 Å². The summed E-state index contributed by atoms with van der Waals surface area (Å²) >= 11 is 0. The van der Waals surface area contributed by atoms with Crippen LogP contribution < -0.4 is 10.6 Å². The van der Waals surface area contributed by atoms with E-state index in [9.17, 15) is 9.59 Å². The molecule has 1 spiro atoms. The Hall–Kier alpha value is -1.59. The first-order chi connectivity index (χ1) is 10.6. The third kappa shape index (κ3) is 3.85. The van der Waals surface area contributed by atoms with Crippen molar-refractivity contribution in [2.45, 2.75) is 25.8 Å². The topological polar surface area (TPSA) is 67.4 Å². The molecule has 1 amide bonds. The largest absolute Gasteiger partial charge is 0.465 e. The number of benzene rings is 1. The second kappa shape index (κ2) is 7.32. The van der Waals surface area contributed by atoms with Gasteiger partial charge in [-0.05, 0) is 55.5 Å². The van der Waals surface area contributed by atoms with E-state index in [0.717, 1.165) is 37.9 Å². The van der Waals surface area contributed by atoms with Crippen molar-refractivity contribution in [2.24, 2.45) is 11.3 Å². The number of carbonyl (C=O) groups is 2. The van der Waals surface area contributed by atoms with Gasteiger partial charge in [-0.15, -0.1) is 12.4 Å². The van der Waals surface area contributed by atoms with Gasteiger partial charge in [0.2, 0.25) is 5.91 Å². The molecule has 1 saturated carbocycles. The molecular weight excluding hydrogens is 316 g/mol. The molecule has 1 saturated heterocycles. The van der Waals surface area contributed by atoms with Crippen molar-refractivity contribution in [3.05, 3.63) is 35.4 Å². The van der Waals surface area contributed by atoms with Gasteiger partial charge in [-0.2, -0.15) is 0 Å². The number of ether oxygens (including phenoxy) is 1. The van der Waals surface area contributed by atoms with Crippen molar-refractivity contribution >= 4 is 24.3 Å². The number of esters is 1. The van der Waals surface area contributed by atoms with Crippen LogP contribution >= 0.6 is 12.4 Å². The van der Waals surface area contributed by atoms with E-state index >= 15 is 0 Å². The molecule has 0 radical (unpaired) electrons. The lowest BCUT2D eigenvalue weighted by molar-refractivity contribution is -0.123. The third-order valence-electron chi connectivity index (χ3n) is 4.92. The molecule has 23 heavy (non-hydrogen) atoms. The molecule has 2 N–H and O–H groups in total. The number of halogens is 1. The lowest BCUT2D eigenvalue weighted by atomic mass is 9.92. The normalized spacial score (nSPS) is 21.2. The van der Waals surface area contributed by atoms with Crippen molar-refractivity contribution in [3.8, 4) is 0 Å². The minimum atomic E-state index is -0.357. The maximum atomic E-state index is 12.3. The molecule has 2 fully saturated rings. The fourth-order valence-electron chi connectivity index (χ4n) is 3.43. The van der Waals surface area contributed by atoms with E-state index in [4.69, 9.17) is 4.74 Å². The van der Waals surface area contributed by atoms with Crippen LogP contribution in [0.5, 0.6) is 0 Å². The summed E-state index contributed by atoms with van der Waals surface area (Å²) in [4.78, 5) is 23.8. The average Bonchev–Trinajstić information content (AvgIpc) is 3.26. The Kier molecular flexibility index (Phi) is 5.65. The number of hydrogen-bond acceptors (Lipinski definition) is 4. The van der Waals surface area contributed by atoms with Crippen molar-refractivity contribution in [3.63, 3.8) is 0 Å². The monoisotopic (exact) mass is 338 g/mol. The van der Waals surface area contributed by atoms with Gasteiger partial charge >= 0.3 is 5.97 Å². The van der Waals surface area contributed by atoms with Crippen molar-refractivity contribution in [2.75, 3.05) is 20.2 Å². The van der Waals surface area contributed by atoms with Crippen LogP contribution in [0, 0.1) is 11.3 Å². The molecule has 1 aliphatic carbocycles. The zero-order chi connectivity index (χ0) is 15.6. The van der Waals surface area contributed by atoms with Crippen LogP contribution in [0.2, 0.25) is 0 Å². The quantitative estimate of drug-likeness (QED) is 0.823. The van der Waals surface area contributed by atoms with E-state index in [2.05, 4.69) is 10.6 Å². The molecule has 1 atom stereocenters. The fourth-order valence-corrected chi connectivity index (χ4v) is 3.43. The molecule has 1 heterocycles. The summed E-state index contributed by atoms with van der Waals surface area (Å²) in [5.74, 6) is -0.0483. The molecule has 0 bridgehead atoms. The van der Waals surface area contributed by atoms with Gasteiger partial charge in [0.05, 0.1) is 12.7 Å². The van der Waals surface area contributed by atoms with Crippen LogP contribution in [0.3, 0.4) is 0 Å². The molecule has 0 aromatic heterocycles. The van der Waals surface area contributed by atoms with Gasteiger partial charge in [-0.3, -0.25) is 4.79 Å². The second-order valence-electron chi connectivity index (χ2n) is 6.28. The standard InChI is InChI=1S/C17H22N2O3.ClH/c1-22-16(21)13-4-2-3-12(9-13)11-19-15(20)14-10-17(14)5-7-18-8-6-17;/h2-4,9,14,18H,5-8,10-11H2,1H3,(H,19,20);1H. The molecule has 1 aromatic carbocycles. The molecule has 2 aliphatic rings. The maximum Gasteiger partial charge on any atom is 0.337 e. The highest BCUT2D eigenvalue weighted by Crippen LogP contribution is 2.58. The van der Waals surface area contributed by atoms with Gasteiger partial charge in [-0.25, -0.2) is 4.79 Å². The van der Waals surface area contributed by atoms with E-state index in [1.807, 2.05) is 6.07 Å². The average molecular weight is 339 g/mol. The number of rotatable bonds is 4. The summed E-state index contributed by atoms with van der Waals surface area (Å²) < 4.78 is 4.71. The predicted molar refractivity (Wildman–Crippen MR) is 89.5 cm³/mol. The number of piperidine rings is 1. The Morgan fingerprint density at radius 2 is 2.09 bits per heavy atom. The van der Waals surface area contributed by atoms with Gasteiger partial charge in [0, 0.05) is 12.5 Å². The summed E-state index contributed by atoms with van der Waals surface area (Å²) in [6.45, 7) is 2.49. The Bertz CT molecular complexity index is 585. The molecule has 6 heteroatoms. The van der Waals surface area contributed by atoms with Gasteiger partial charge in [-0.1, -0.05) is 12.1 Å². The highest BCUT2D eigenvalue weighted by Gasteiger charge is 2.57. The summed E-state index contributed by atoms with van der Waals surface area (Å²) in [6.07, 6.45) is 3.22. The molecule has 1 aliphatic heterocycles. The van der Waals surface area contributed by atoms with Gasteiger partial charge in [0.15, 0.2) is 0 Å². The van der Waals surface area contributed by atoms with Crippen LogP contribution in [-0.4, -0.2) is 32.1 Å². The summed E-state index contributed by atoms with van der Waals surface area (Å²) in [7, 11) is 1.36. The second-order valence-corrected chi connectivity index (χ2v) is 6.28. The molecule has 5 nitrogen and oxygen atoms in total. The SMILES string of the molecule is COC(=O)c1cccc(CNC(=O)C2CC23CCNCC3)c1.Cl. The molecule has 1 unspecified atom stereocenters. The van der Waals surface area contributed by atoms with Crippen LogP contribution in [-0.2, 0) is 16.1 Å². The zero-order valence-corrected chi connectivity index (χ0v) is 14.1. The number of hydrogen-bond donors (Lipinski definition) is 2. The van der Waals surface area contributed by atoms with E-state index in [1.54, 1.807) is 18.2 Å². The van der Waals surface area contributed by atoms with Gasteiger partial charge < -0.3 is 15.4 Å². The molecule has 3 rings (SSSR count). The minimum absolute atomic E-state index is 0. The van der Waals surface area contributed by atoms with Crippen molar-refractivity contribution in [1.82, 2.24) is 10.6 Å². The zero-order valence-electron chi connectivity index (χ0n) is 13.3. The Balaban J connectivity index is 0.00000192. The maximum absolute atomic E-state index is 12.3.